The zero-order valence-electron chi connectivity index (χ0n) is 23.5. The van der Waals surface area contributed by atoms with E-state index < -0.39 is 0 Å². The third-order valence-corrected chi connectivity index (χ3v) is 9.10. The Bertz CT molecular complexity index is 1740. The molecule has 212 valence electrons. The molecule has 0 saturated carbocycles. The standard InChI is InChI=1S/C30H33N7O3S/c1-19(2)29-32-21(14-41-29)13-37-24-6-4-5-23(27(24)20(3)34-37)33-28(38)25-12-31-26-11-22(7-8-36(25)26)40-10-9-35-15-30(16-35)17-39-18-30/h4-8,11-12,14,19H,9-10,13,15-18H2,1-3H3,(H,33,38). The van der Waals surface area contributed by atoms with Gasteiger partial charge in [0.2, 0.25) is 0 Å². The van der Waals surface area contributed by atoms with Crippen LogP contribution in [-0.2, 0) is 11.3 Å². The normalized spacial score (nSPS) is 16.4. The molecule has 5 aromatic rings. The first kappa shape index (κ1) is 26.1. The highest BCUT2D eigenvalue weighted by atomic mass is 32.1. The maximum atomic E-state index is 13.4. The third-order valence-electron chi connectivity index (χ3n) is 7.90. The Morgan fingerprint density at radius 2 is 2.10 bits per heavy atom. The number of aryl methyl sites for hydroxylation is 1. The lowest BCUT2D eigenvalue weighted by Crippen LogP contribution is -2.66. The van der Waals surface area contributed by atoms with Crippen molar-refractivity contribution >= 4 is 39.5 Å². The largest absolute Gasteiger partial charge is 0.492 e. The van der Waals surface area contributed by atoms with E-state index in [9.17, 15) is 4.79 Å². The molecule has 1 amide bonds. The van der Waals surface area contributed by atoms with Crippen LogP contribution in [0.1, 0.15) is 46.6 Å². The number of anilines is 1. The number of hydrogen-bond acceptors (Lipinski definition) is 8. The summed E-state index contributed by atoms with van der Waals surface area (Å²) in [5, 5.41) is 12.0. The first-order valence-electron chi connectivity index (χ1n) is 14.0. The molecule has 1 aromatic carbocycles. The molecule has 6 heterocycles. The molecule has 0 bridgehead atoms. The first-order valence-corrected chi connectivity index (χ1v) is 14.9. The second-order valence-electron chi connectivity index (χ2n) is 11.5. The van der Waals surface area contributed by atoms with E-state index in [0.29, 0.717) is 41.5 Å². The van der Waals surface area contributed by atoms with Crippen LogP contribution in [0.4, 0.5) is 5.69 Å². The predicted molar refractivity (Wildman–Crippen MR) is 158 cm³/mol. The SMILES string of the molecule is Cc1nn(Cc2csc(C(C)C)n2)c2cccc(NC(=O)c3cnc4cc(OCCN5CC6(COC6)C5)ccn34)c12. The van der Waals surface area contributed by atoms with Gasteiger partial charge in [-0.3, -0.25) is 18.8 Å². The molecule has 2 aliphatic heterocycles. The third kappa shape index (κ3) is 4.87. The molecule has 1 N–H and O–H groups in total. The van der Waals surface area contributed by atoms with Crippen LogP contribution in [-0.4, -0.2) is 74.4 Å². The quantitative estimate of drug-likeness (QED) is 0.276. The van der Waals surface area contributed by atoms with Crippen molar-refractivity contribution in [3.63, 3.8) is 0 Å². The van der Waals surface area contributed by atoms with Crippen molar-refractivity contribution in [1.29, 1.82) is 0 Å². The van der Waals surface area contributed by atoms with Crippen LogP contribution in [0.25, 0.3) is 16.6 Å². The van der Waals surface area contributed by atoms with Gasteiger partial charge in [0, 0.05) is 54.0 Å². The number of benzene rings is 1. The summed E-state index contributed by atoms with van der Waals surface area (Å²) >= 11 is 1.68. The fourth-order valence-electron chi connectivity index (χ4n) is 5.79. The average molecular weight is 572 g/mol. The van der Waals surface area contributed by atoms with E-state index in [1.165, 1.54) is 0 Å². The molecule has 2 fully saturated rings. The predicted octanol–water partition coefficient (Wildman–Crippen LogP) is 4.58. The number of imidazole rings is 1. The lowest BCUT2D eigenvalue weighted by atomic mass is 9.78. The van der Waals surface area contributed by atoms with Crippen LogP contribution < -0.4 is 10.1 Å². The summed E-state index contributed by atoms with van der Waals surface area (Å²) in [4.78, 5) is 25.0. The van der Waals surface area contributed by atoms with Gasteiger partial charge in [-0.15, -0.1) is 11.3 Å². The smallest absolute Gasteiger partial charge is 0.274 e. The van der Waals surface area contributed by atoms with Gasteiger partial charge in [0.05, 0.1) is 53.6 Å². The van der Waals surface area contributed by atoms with Crippen molar-refractivity contribution in [3.05, 3.63) is 70.2 Å². The molecule has 0 aliphatic carbocycles. The number of nitrogens with one attached hydrogen (secondary N) is 1. The van der Waals surface area contributed by atoms with Crippen LogP contribution in [0.2, 0.25) is 0 Å². The second kappa shape index (κ2) is 10.2. The number of ether oxygens (including phenoxy) is 2. The summed E-state index contributed by atoms with van der Waals surface area (Å²) in [7, 11) is 0. The number of aromatic nitrogens is 5. The highest BCUT2D eigenvalue weighted by Crippen LogP contribution is 2.37. The van der Waals surface area contributed by atoms with Crippen molar-refractivity contribution in [2.24, 2.45) is 5.41 Å². The lowest BCUT2D eigenvalue weighted by Gasteiger charge is -2.55. The molecule has 10 nitrogen and oxygen atoms in total. The zero-order valence-corrected chi connectivity index (χ0v) is 24.3. The van der Waals surface area contributed by atoms with Crippen LogP contribution >= 0.6 is 11.3 Å². The van der Waals surface area contributed by atoms with Gasteiger partial charge >= 0.3 is 0 Å². The van der Waals surface area contributed by atoms with Gasteiger partial charge in [0.1, 0.15) is 23.7 Å². The van der Waals surface area contributed by atoms with Gasteiger partial charge in [0.15, 0.2) is 0 Å². The van der Waals surface area contributed by atoms with Gasteiger partial charge in [-0.2, -0.15) is 5.10 Å². The molecule has 2 aliphatic rings. The summed E-state index contributed by atoms with van der Waals surface area (Å²) in [6.45, 7) is 12.3. The lowest BCUT2D eigenvalue weighted by molar-refractivity contribution is -0.189. The number of amides is 1. The fraction of sp³-hybridized carbons (Fsp3) is 0.400. The molecule has 7 rings (SSSR count). The number of likely N-dealkylation sites (tertiary alicyclic amines) is 1. The Hall–Kier alpha value is -3.80. The number of rotatable bonds is 9. The minimum absolute atomic E-state index is 0.237. The molecule has 0 radical (unpaired) electrons. The van der Waals surface area contributed by atoms with Crippen molar-refractivity contribution in [2.45, 2.75) is 33.2 Å². The summed E-state index contributed by atoms with van der Waals surface area (Å²) in [5.74, 6) is 0.903. The van der Waals surface area contributed by atoms with E-state index in [1.807, 2.05) is 48.1 Å². The number of nitrogens with zero attached hydrogens (tertiary/aromatic N) is 6. The van der Waals surface area contributed by atoms with E-state index in [4.69, 9.17) is 19.6 Å². The van der Waals surface area contributed by atoms with Gasteiger partial charge < -0.3 is 14.8 Å². The molecule has 11 heteroatoms. The Balaban J connectivity index is 1.04. The van der Waals surface area contributed by atoms with E-state index >= 15 is 0 Å². The number of thiazole rings is 1. The minimum Gasteiger partial charge on any atom is -0.492 e. The van der Waals surface area contributed by atoms with Crippen molar-refractivity contribution in [1.82, 2.24) is 29.0 Å². The van der Waals surface area contributed by atoms with Gasteiger partial charge in [-0.1, -0.05) is 19.9 Å². The van der Waals surface area contributed by atoms with Crippen molar-refractivity contribution < 1.29 is 14.3 Å². The fourth-order valence-corrected chi connectivity index (χ4v) is 6.62. The van der Waals surface area contributed by atoms with E-state index in [0.717, 1.165) is 65.9 Å². The highest BCUT2D eigenvalue weighted by molar-refractivity contribution is 7.09. The van der Waals surface area contributed by atoms with Crippen LogP contribution in [0.15, 0.2) is 48.1 Å². The number of carbonyl (C=O) groups is 1. The number of hydrogen-bond donors (Lipinski definition) is 1. The van der Waals surface area contributed by atoms with Crippen molar-refractivity contribution in [3.8, 4) is 5.75 Å². The zero-order chi connectivity index (χ0) is 28.1. The minimum atomic E-state index is -0.237. The Kier molecular flexibility index (Phi) is 6.52. The molecular weight excluding hydrogens is 538 g/mol. The van der Waals surface area contributed by atoms with Crippen LogP contribution in [0, 0.1) is 12.3 Å². The summed E-state index contributed by atoms with van der Waals surface area (Å²) in [5.41, 5.74) is 5.03. The summed E-state index contributed by atoms with van der Waals surface area (Å²) in [6, 6.07) is 9.62. The molecule has 2 saturated heterocycles. The van der Waals surface area contributed by atoms with Crippen LogP contribution in [0.3, 0.4) is 0 Å². The van der Waals surface area contributed by atoms with Gasteiger partial charge in [-0.25, -0.2) is 9.97 Å². The number of pyridine rings is 1. The van der Waals surface area contributed by atoms with E-state index in [-0.39, 0.29) is 5.91 Å². The Morgan fingerprint density at radius 1 is 1.24 bits per heavy atom. The monoisotopic (exact) mass is 571 g/mol. The summed E-state index contributed by atoms with van der Waals surface area (Å²) < 4.78 is 15.1. The molecule has 4 aromatic heterocycles. The topological polar surface area (TPSA) is 98.8 Å². The van der Waals surface area contributed by atoms with Gasteiger partial charge in [0.25, 0.3) is 5.91 Å². The molecule has 41 heavy (non-hydrogen) atoms. The molecular formula is C30H33N7O3S. The van der Waals surface area contributed by atoms with E-state index in [2.05, 4.69) is 34.4 Å². The maximum absolute atomic E-state index is 13.4. The Labute approximate surface area is 241 Å². The van der Waals surface area contributed by atoms with E-state index in [1.54, 1.807) is 21.9 Å². The number of fused-ring (bicyclic) bond motifs is 2. The number of carbonyl (C=O) groups excluding carboxylic acids is 1. The molecule has 0 unspecified atom stereocenters. The Morgan fingerprint density at radius 3 is 2.85 bits per heavy atom. The maximum Gasteiger partial charge on any atom is 0.274 e. The van der Waals surface area contributed by atoms with Crippen molar-refractivity contribution in [2.75, 3.05) is 44.8 Å². The van der Waals surface area contributed by atoms with Gasteiger partial charge in [-0.05, 0) is 25.1 Å². The molecule has 1 spiro atoms. The van der Waals surface area contributed by atoms with Crippen LogP contribution in [0.5, 0.6) is 5.75 Å². The highest BCUT2D eigenvalue weighted by Gasteiger charge is 2.48. The second-order valence-corrected chi connectivity index (χ2v) is 12.4. The first-order chi connectivity index (χ1) is 19.9. The average Bonchev–Trinajstić information content (AvgIpc) is 3.62. The summed E-state index contributed by atoms with van der Waals surface area (Å²) in [6.07, 6.45) is 3.43. The molecule has 0 atom stereocenters.